The monoisotopic (exact) mass is 256 g/mol. The van der Waals surface area contributed by atoms with E-state index in [9.17, 15) is 0 Å². The number of hydrogen-bond donors (Lipinski definition) is 2. The Bertz CT molecular complexity index is 299. The van der Waals surface area contributed by atoms with Gasteiger partial charge in [-0.1, -0.05) is 28.9 Å². The molecule has 0 aliphatic heterocycles. The molecule has 3 heteroatoms. The van der Waals surface area contributed by atoms with Gasteiger partial charge in [-0.25, -0.2) is 0 Å². The first-order chi connectivity index (χ1) is 6.63. The molecule has 14 heavy (non-hydrogen) atoms. The normalized spacial score (nSPS) is 12.8. The third kappa shape index (κ3) is 3.31. The predicted molar refractivity (Wildman–Crippen MR) is 65.1 cm³/mol. The zero-order chi connectivity index (χ0) is 10.6. The van der Waals surface area contributed by atoms with Crippen LogP contribution in [0.5, 0.6) is 0 Å². The third-order valence-electron chi connectivity index (χ3n) is 2.36. The number of hydrogen-bond acceptors (Lipinski definition) is 2. The molecule has 0 heterocycles. The van der Waals surface area contributed by atoms with Gasteiger partial charge in [0.15, 0.2) is 0 Å². The summed E-state index contributed by atoms with van der Waals surface area (Å²) >= 11 is 3.39. The van der Waals surface area contributed by atoms with Gasteiger partial charge in [-0.05, 0) is 31.0 Å². The van der Waals surface area contributed by atoms with Crippen molar-refractivity contribution in [2.75, 3.05) is 5.73 Å². The van der Waals surface area contributed by atoms with Gasteiger partial charge in [0, 0.05) is 22.7 Å². The second kappa shape index (κ2) is 5.37. The van der Waals surface area contributed by atoms with E-state index in [1.54, 1.807) is 0 Å². The molecule has 1 aromatic carbocycles. The van der Waals surface area contributed by atoms with Crippen LogP contribution < -0.4 is 11.1 Å². The highest BCUT2D eigenvalue weighted by molar-refractivity contribution is 9.10. The van der Waals surface area contributed by atoms with Crippen LogP contribution in [-0.2, 0) is 6.54 Å². The summed E-state index contributed by atoms with van der Waals surface area (Å²) in [5.41, 5.74) is 7.88. The molecule has 78 valence electrons. The van der Waals surface area contributed by atoms with E-state index < -0.39 is 0 Å². The Kier molecular flexibility index (Phi) is 4.42. The average Bonchev–Trinajstić information content (AvgIpc) is 2.16. The maximum atomic E-state index is 5.88. The molecule has 1 unspecified atom stereocenters. The highest BCUT2D eigenvalue weighted by Crippen LogP contribution is 2.18. The zero-order valence-corrected chi connectivity index (χ0v) is 10.3. The molecule has 0 radical (unpaired) electrons. The molecule has 0 aliphatic carbocycles. The van der Waals surface area contributed by atoms with E-state index in [0.717, 1.165) is 28.7 Å². The lowest BCUT2D eigenvalue weighted by Crippen LogP contribution is -2.24. The van der Waals surface area contributed by atoms with Gasteiger partial charge < -0.3 is 11.1 Å². The summed E-state index contributed by atoms with van der Waals surface area (Å²) in [6.45, 7) is 5.19. The van der Waals surface area contributed by atoms with Gasteiger partial charge >= 0.3 is 0 Å². The summed E-state index contributed by atoms with van der Waals surface area (Å²) in [5.74, 6) is 0. The molecule has 1 rings (SSSR count). The van der Waals surface area contributed by atoms with Crippen LogP contribution in [0.25, 0.3) is 0 Å². The summed E-state index contributed by atoms with van der Waals surface area (Å²) in [5, 5.41) is 3.41. The number of rotatable bonds is 4. The van der Waals surface area contributed by atoms with Gasteiger partial charge in [-0.2, -0.15) is 0 Å². The fourth-order valence-electron chi connectivity index (χ4n) is 1.16. The molecule has 0 fully saturated rings. The molecule has 2 nitrogen and oxygen atoms in total. The smallest absolute Gasteiger partial charge is 0.0370 e. The maximum Gasteiger partial charge on any atom is 0.0370 e. The van der Waals surface area contributed by atoms with Crippen molar-refractivity contribution in [3.63, 3.8) is 0 Å². The number of halogens is 1. The van der Waals surface area contributed by atoms with E-state index in [0.29, 0.717) is 6.04 Å². The lowest BCUT2D eigenvalue weighted by molar-refractivity contribution is 0.535. The fourth-order valence-corrected chi connectivity index (χ4v) is 1.53. The summed E-state index contributed by atoms with van der Waals surface area (Å²) < 4.78 is 1.03. The van der Waals surface area contributed by atoms with E-state index in [1.807, 2.05) is 12.1 Å². The first-order valence-electron chi connectivity index (χ1n) is 4.90. The van der Waals surface area contributed by atoms with Gasteiger partial charge in [0.2, 0.25) is 0 Å². The largest absolute Gasteiger partial charge is 0.398 e. The highest BCUT2D eigenvalue weighted by atomic mass is 79.9. The lowest BCUT2D eigenvalue weighted by atomic mass is 10.1. The molecule has 1 atom stereocenters. The van der Waals surface area contributed by atoms with Crippen molar-refractivity contribution >= 4 is 21.6 Å². The van der Waals surface area contributed by atoms with Crippen molar-refractivity contribution in [1.82, 2.24) is 5.32 Å². The Morgan fingerprint density at radius 1 is 1.50 bits per heavy atom. The van der Waals surface area contributed by atoms with Crippen molar-refractivity contribution in [3.8, 4) is 0 Å². The standard InChI is InChI=1S/C11H17BrN2/c1-3-8(2)14-7-9-4-5-10(12)6-11(9)13/h4-6,8,14H,3,7,13H2,1-2H3. The van der Waals surface area contributed by atoms with Crippen LogP contribution in [0.15, 0.2) is 22.7 Å². The molecule has 1 aromatic rings. The van der Waals surface area contributed by atoms with Crippen molar-refractivity contribution in [3.05, 3.63) is 28.2 Å². The Balaban J connectivity index is 2.59. The molecule has 3 N–H and O–H groups in total. The van der Waals surface area contributed by atoms with E-state index in [4.69, 9.17) is 5.73 Å². The van der Waals surface area contributed by atoms with E-state index in [2.05, 4.69) is 41.2 Å². The van der Waals surface area contributed by atoms with Crippen molar-refractivity contribution in [2.45, 2.75) is 32.9 Å². The minimum Gasteiger partial charge on any atom is -0.398 e. The number of benzene rings is 1. The zero-order valence-electron chi connectivity index (χ0n) is 8.68. The minimum absolute atomic E-state index is 0.540. The van der Waals surface area contributed by atoms with Crippen LogP contribution in [0.3, 0.4) is 0 Å². The fraction of sp³-hybridized carbons (Fsp3) is 0.455. The summed E-state index contributed by atoms with van der Waals surface area (Å²) in [6.07, 6.45) is 1.14. The number of nitrogen functional groups attached to an aromatic ring is 1. The molecule has 0 aromatic heterocycles. The van der Waals surface area contributed by atoms with E-state index >= 15 is 0 Å². The average molecular weight is 257 g/mol. The molecular formula is C11H17BrN2. The molecule has 0 amide bonds. The highest BCUT2D eigenvalue weighted by Gasteiger charge is 2.01. The van der Waals surface area contributed by atoms with Crippen LogP contribution in [0, 0.1) is 0 Å². The maximum absolute atomic E-state index is 5.88. The lowest BCUT2D eigenvalue weighted by Gasteiger charge is -2.12. The predicted octanol–water partition coefficient (Wildman–Crippen LogP) is 2.92. The van der Waals surface area contributed by atoms with Crippen LogP contribution in [0.1, 0.15) is 25.8 Å². The Hall–Kier alpha value is -0.540. The Morgan fingerprint density at radius 2 is 2.21 bits per heavy atom. The number of nitrogens with two attached hydrogens (primary N) is 1. The SMILES string of the molecule is CCC(C)NCc1ccc(Br)cc1N. The van der Waals surface area contributed by atoms with Gasteiger partial charge in [0.05, 0.1) is 0 Å². The molecule has 0 bridgehead atoms. The topological polar surface area (TPSA) is 38.0 Å². The van der Waals surface area contributed by atoms with Crippen molar-refractivity contribution < 1.29 is 0 Å². The van der Waals surface area contributed by atoms with Gasteiger partial charge in [0.1, 0.15) is 0 Å². The van der Waals surface area contributed by atoms with Gasteiger partial charge in [0.25, 0.3) is 0 Å². The third-order valence-corrected chi connectivity index (χ3v) is 2.85. The van der Waals surface area contributed by atoms with Crippen LogP contribution in [0.2, 0.25) is 0 Å². The summed E-state index contributed by atoms with van der Waals surface area (Å²) in [6, 6.07) is 6.55. The van der Waals surface area contributed by atoms with E-state index in [1.165, 1.54) is 0 Å². The van der Waals surface area contributed by atoms with Crippen LogP contribution in [-0.4, -0.2) is 6.04 Å². The van der Waals surface area contributed by atoms with Crippen LogP contribution >= 0.6 is 15.9 Å². The summed E-state index contributed by atoms with van der Waals surface area (Å²) in [4.78, 5) is 0. The summed E-state index contributed by atoms with van der Waals surface area (Å²) in [7, 11) is 0. The van der Waals surface area contributed by atoms with E-state index in [-0.39, 0.29) is 0 Å². The first-order valence-corrected chi connectivity index (χ1v) is 5.70. The second-order valence-electron chi connectivity index (χ2n) is 3.53. The molecule has 0 saturated carbocycles. The second-order valence-corrected chi connectivity index (χ2v) is 4.45. The quantitative estimate of drug-likeness (QED) is 0.814. The Labute approximate surface area is 94.0 Å². The van der Waals surface area contributed by atoms with Crippen molar-refractivity contribution in [2.24, 2.45) is 0 Å². The number of nitrogens with one attached hydrogen (secondary N) is 1. The number of anilines is 1. The van der Waals surface area contributed by atoms with Crippen LogP contribution in [0.4, 0.5) is 5.69 Å². The Morgan fingerprint density at radius 3 is 2.79 bits per heavy atom. The first kappa shape index (κ1) is 11.5. The molecule has 0 saturated heterocycles. The molecular weight excluding hydrogens is 240 g/mol. The minimum atomic E-state index is 0.540. The molecule has 0 aliphatic rings. The molecule has 0 spiro atoms. The van der Waals surface area contributed by atoms with Gasteiger partial charge in [-0.3, -0.25) is 0 Å². The van der Waals surface area contributed by atoms with Gasteiger partial charge in [-0.15, -0.1) is 0 Å². The van der Waals surface area contributed by atoms with Crippen molar-refractivity contribution in [1.29, 1.82) is 0 Å².